The van der Waals surface area contributed by atoms with Crippen LogP contribution in [0.1, 0.15) is 41.9 Å². The Labute approximate surface area is 147 Å². The Morgan fingerprint density at radius 1 is 1.21 bits per heavy atom. The molecular weight excluding hydrogens is 344 g/mol. The summed E-state index contributed by atoms with van der Waals surface area (Å²) < 4.78 is 0. The lowest BCUT2D eigenvalue weighted by Gasteiger charge is -2.10. The summed E-state index contributed by atoms with van der Waals surface area (Å²) in [5.74, 6) is 0.0133. The lowest BCUT2D eigenvalue weighted by molar-refractivity contribution is -0.117. The first-order valence-corrected chi connectivity index (χ1v) is 9.92. The van der Waals surface area contributed by atoms with E-state index in [4.69, 9.17) is 0 Å². The van der Waals surface area contributed by atoms with Crippen LogP contribution in [0.5, 0.6) is 0 Å². The van der Waals surface area contributed by atoms with Gasteiger partial charge in [0.05, 0.1) is 17.8 Å². The molecule has 2 aromatic rings. The second-order valence-electron chi connectivity index (χ2n) is 6.09. The maximum absolute atomic E-state index is 12.2. The summed E-state index contributed by atoms with van der Waals surface area (Å²) in [6.45, 7) is 0.725. The third-order valence-corrected chi connectivity index (χ3v) is 6.26. The van der Waals surface area contributed by atoms with Crippen molar-refractivity contribution in [3.63, 3.8) is 0 Å². The summed E-state index contributed by atoms with van der Waals surface area (Å²) in [5.41, 5.74) is 1.85. The van der Waals surface area contributed by atoms with Crippen molar-refractivity contribution in [2.24, 2.45) is 0 Å². The zero-order chi connectivity index (χ0) is 16.5. The van der Waals surface area contributed by atoms with Crippen molar-refractivity contribution in [2.75, 3.05) is 16.8 Å². The van der Waals surface area contributed by atoms with Crippen LogP contribution in [0, 0.1) is 0 Å². The molecule has 1 aliphatic heterocycles. The van der Waals surface area contributed by atoms with Gasteiger partial charge in [0.15, 0.2) is 10.3 Å². The highest BCUT2D eigenvalue weighted by atomic mass is 32.1. The van der Waals surface area contributed by atoms with Gasteiger partial charge in [0.25, 0.3) is 0 Å². The van der Waals surface area contributed by atoms with Crippen LogP contribution in [0.4, 0.5) is 10.3 Å². The predicted molar refractivity (Wildman–Crippen MR) is 94.8 cm³/mol. The van der Waals surface area contributed by atoms with E-state index in [0.29, 0.717) is 22.4 Å². The van der Waals surface area contributed by atoms with E-state index in [1.54, 1.807) is 16.2 Å². The number of nitrogens with zero attached hydrogens (tertiary/aromatic N) is 3. The molecule has 0 saturated carbocycles. The Bertz CT molecular complexity index is 759. The number of anilines is 2. The quantitative estimate of drug-likeness (QED) is 0.907. The number of rotatable bonds is 4. The van der Waals surface area contributed by atoms with E-state index in [-0.39, 0.29) is 18.2 Å². The Hall–Kier alpha value is -1.80. The van der Waals surface area contributed by atoms with Gasteiger partial charge < -0.3 is 5.32 Å². The van der Waals surface area contributed by atoms with Gasteiger partial charge in [-0.05, 0) is 32.1 Å². The van der Waals surface area contributed by atoms with Gasteiger partial charge in [-0.25, -0.2) is 9.97 Å². The Balaban J connectivity index is 1.38. The van der Waals surface area contributed by atoms with Crippen molar-refractivity contribution >= 4 is 44.8 Å². The van der Waals surface area contributed by atoms with Gasteiger partial charge in [-0.1, -0.05) is 0 Å². The summed E-state index contributed by atoms with van der Waals surface area (Å²) in [6.07, 6.45) is 6.15. The highest BCUT2D eigenvalue weighted by Gasteiger charge is 2.24. The molecule has 1 fully saturated rings. The van der Waals surface area contributed by atoms with Gasteiger partial charge in [-0.2, -0.15) is 0 Å². The smallest absolute Gasteiger partial charge is 0.232 e. The second kappa shape index (κ2) is 6.60. The van der Waals surface area contributed by atoms with Crippen molar-refractivity contribution < 1.29 is 9.59 Å². The zero-order valence-corrected chi connectivity index (χ0v) is 14.8. The minimum atomic E-state index is -0.106. The molecule has 3 heterocycles. The number of aromatic nitrogens is 2. The fraction of sp³-hybridized carbons (Fsp3) is 0.500. The van der Waals surface area contributed by atoms with Crippen LogP contribution < -0.4 is 10.2 Å². The zero-order valence-electron chi connectivity index (χ0n) is 13.2. The molecule has 6 nitrogen and oxygen atoms in total. The van der Waals surface area contributed by atoms with Crippen LogP contribution in [0.25, 0.3) is 0 Å². The summed E-state index contributed by atoms with van der Waals surface area (Å²) in [7, 11) is 0. The number of fused-ring (bicyclic) bond motifs is 1. The summed E-state index contributed by atoms with van der Waals surface area (Å²) in [4.78, 5) is 36.0. The molecule has 2 amide bonds. The normalized spacial score (nSPS) is 17.2. The molecule has 2 aliphatic rings. The fourth-order valence-electron chi connectivity index (χ4n) is 3.09. The van der Waals surface area contributed by atoms with Crippen LogP contribution in [0.3, 0.4) is 0 Å². The third-order valence-electron chi connectivity index (χ3n) is 4.28. The second-order valence-corrected chi connectivity index (χ2v) is 8.01. The highest BCUT2D eigenvalue weighted by molar-refractivity contribution is 7.16. The Morgan fingerprint density at radius 2 is 2.08 bits per heavy atom. The largest absolute Gasteiger partial charge is 0.302 e. The molecular formula is C16H18N4O2S2. The predicted octanol–water partition coefficient (Wildman–Crippen LogP) is 2.79. The van der Waals surface area contributed by atoms with Crippen LogP contribution in [0.2, 0.25) is 0 Å². The van der Waals surface area contributed by atoms with E-state index in [0.717, 1.165) is 31.5 Å². The van der Waals surface area contributed by atoms with Crippen LogP contribution in [0.15, 0.2) is 5.38 Å². The summed E-state index contributed by atoms with van der Waals surface area (Å²) >= 11 is 3.01. The van der Waals surface area contributed by atoms with Crippen molar-refractivity contribution in [3.8, 4) is 0 Å². The Kier molecular flexibility index (Phi) is 4.32. The maximum atomic E-state index is 12.2. The molecule has 2 aromatic heterocycles. The third kappa shape index (κ3) is 3.21. The van der Waals surface area contributed by atoms with Crippen molar-refractivity contribution in [2.45, 2.75) is 44.9 Å². The monoisotopic (exact) mass is 362 g/mol. The van der Waals surface area contributed by atoms with Crippen LogP contribution in [-0.2, 0) is 28.9 Å². The van der Waals surface area contributed by atoms with E-state index < -0.39 is 0 Å². The van der Waals surface area contributed by atoms with Gasteiger partial charge >= 0.3 is 0 Å². The minimum absolute atomic E-state index is 0.106. The van der Waals surface area contributed by atoms with E-state index >= 15 is 0 Å². The molecule has 0 atom stereocenters. The molecule has 0 spiro atoms. The minimum Gasteiger partial charge on any atom is -0.302 e. The number of thiazole rings is 2. The molecule has 0 unspecified atom stereocenters. The topological polar surface area (TPSA) is 75.2 Å². The van der Waals surface area contributed by atoms with E-state index in [9.17, 15) is 9.59 Å². The molecule has 126 valence electrons. The average Bonchev–Trinajstić information content (AvgIpc) is 3.26. The van der Waals surface area contributed by atoms with E-state index in [1.165, 1.54) is 29.1 Å². The number of aryl methyl sites for hydroxylation is 2. The average molecular weight is 362 g/mol. The fourth-order valence-corrected chi connectivity index (χ4v) is 5.02. The van der Waals surface area contributed by atoms with E-state index in [1.807, 2.05) is 5.38 Å². The van der Waals surface area contributed by atoms with Gasteiger partial charge in [-0.15, -0.1) is 22.7 Å². The lowest BCUT2D eigenvalue weighted by atomic mass is 10.0. The van der Waals surface area contributed by atoms with Gasteiger partial charge in [0.1, 0.15) is 0 Å². The molecule has 1 saturated heterocycles. The van der Waals surface area contributed by atoms with E-state index in [2.05, 4.69) is 15.3 Å². The van der Waals surface area contributed by atoms with Crippen LogP contribution in [-0.4, -0.2) is 28.3 Å². The molecule has 8 heteroatoms. The van der Waals surface area contributed by atoms with Crippen LogP contribution >= 0.6 is 22.7 Å². The molecule has 1 N–H and O–H groups in total. The SMILES string of the molecule is O=C(Cc1csc(N2CCCC2=O)n1)Nc1nc2c(s1)CCCC2. The van der Waals surface area contributed by atoms with Crippen molar-refractivity contribution in [3.05, 3.63) is 21.6 Å². The molecule has 24 heavy (non-hydrogen) atoms. The first-order chi connectivity index (χ1) is 11.7. The lowest BCUT2D eigenvalue weighted by Crippen LogP contribution is -2.23. The number of nitrogens with one attached hydrogen (secondary N) is 1. The number of amides is 2. The van der Waals surface area contributed by atoms with Gasteiger partial charge in [-0.3, -0.25) is 14.5 Å². The number of hydrogen-bond acceptors (Lipinski definition) is 6. The standard InChI is InChI=1S/C16H18N4O2S2/c21-13(19-15-18-11-4-1-2-5-12(11)24-15)8-10-9-23-16(17-10)20-7-3-6-14(20)22/h9H,1-8H2,(H,18,19,21). The van der Waals surface area contributed by atoms with Crippen molar-refractivity contribution in [1.82, 2.24) is 9.97 Å². The number of hydrogen-bond donors (Lipinski definition) is 1. The summed E-state index contributed by atoms with van der Waals surface area (Å²) in [6, 6.07) is 0. The first-order valence-electron chi connectivity index (χ1n) is 8.22. The molecule has 0 aromatic carbocycles. The number of carbonyl (C=O) groups excluding carboxylic acids is 2. The van der Waals surface area contributed by atoms with Gasteiger partial charge in [0.2, 0.25) is 11.8 Å². The first kappa shape index (κ1) is 15.7. The molecule has 0 bridgehead atoms. The number of carbonyl (C=O) groups is 2. The van der Waals surface area contributed by atoms with Gasteiger partial charge in [0, 0.05) is 23.2 Å². The summed E-state index contributed by atoms with van der Waals surface area (Å²) in [5, 5.41) is 6.13. The molecule has 4 rings (SSSR count). The maximum Gasteiger partial charge on any atom is 0.232 e. The molecule has 0 radical (unpaired) electrons. The van der Waals surface area contributed by atoms with Crippen molar-refractivity contribution in [1.29, 1.82) is 0 Å². The highest BCUT2D eigenvalue weighted by Crippen LogP contribution is 2.30. The molecule has 1 aliphatic carbocycles. The Morgan fingerprint density at radius 3 is 2.88 bits per heavy atom.